The lowest BCUT2D eigenvalue weighted by Crippen LogP contribution is -2.50. The number of oxazole rings is 1. The van der Waals surface area contributed by atoms with Crippen LogP contribution in [-0.4, -0.2) is 45.8 Å². The molecule has 1 aromatic carbocycles. The monoisotopic (exact) mass is 377 g/mol. The molecule has 26 heavy (non-hydrogen) atoms. The fraction of sp³-hybridized carbons (Fsp3) is 0.353. The maximum Gasteiger partial charge on any atom is 0.252 e. The molecule has 0 aliphatic rings. The van der Waals surface area contributed by atoms with Gasteiger partial charge in [0.25, 0.3) is 5.91 Å². The van der Waals surface area contributed by atoms with Gasteiger partial charge in [-0.25, -0.2) is 4.98 Å². The number of benzene rings is 1. The summed E-state index contributed by atoms with van der Waals surface area (Å²) in [6, 6.07) is 5.00. The van der Waals surface area contributed by atoms with Crippen LogP contribution in [0.25, 0.3) is 11.1 Å². The number of nitrogens with one attached hydrogen (secondary N) is 1. The van der Waals surface area contributed by atoms with Gasteiger partial charge in [-0.3, -0.25) is 14.6 Å². The minimum Gasteiger partial charge on any atom is -0.443 e. The first-order valence-electron chi connectivity index (χ1n) is 7.91. The SMILES string of the molecule is CC(=O)SCCN=C/C(=N\N)C(C)(C)NC(=O)c1ccc2ocnc2c1.[HH]. The third-order valence-corrected chi connectivity index (χ3v) is 4.33. The zero-order valence-corrected chi connectivity index (χ0v) is 15.7. The molecule has 140 valence electrons. The molecule has 0 aliphatic heterocycles. The average Bonchev–Trinajstić information content (AvgIpc) is 3.04. The number of nitrogens with zero attached hydrogens (tertiary/aromatic N) is 3. The fourth-order valence-electron chi connectivity index (χ4n) is 2.17. The Kier molecular flexibility index (Phi) is 6.51. The number of rotatable bonds is 7. The molecule has 0 fully saturated rings. The molecule has 2 aromatic rings. The van der Waals surface area contributed by atoms with E-state index in [-0.39, 0.29) is 12.4 Å². The number of hydrogen-bond acceptors (Lipinski definition) is 8. The summed E-state index contributed by atoms with van der Waals surface area (Å²) in [6.07, 6.45) is 2.85. The van der Waals surface area contributed by atoms with E-state index in [1.807, 2.05) is 0 Å². The molecule has 0 bridgehead atoms. The van der Waals surface area contributed by atoms with Crippen molar-refractivity contribution in [1.82, 2.24) is 10.3 Å². The Balaban J connectivity index is 0.00000364. The number of fused-ring (bicyclic) bond motifs is 1. The summed E-state index contributed by atoms with van der Waals surface area (Å²) < 4.78 is 5.17. The van der Waals surface area contributed by atoms with Crippen LogP contribution < -0.4 is 11.2 Å². The van der Waals surface area contributed by atoms with Gasteiger partial charge >= 0.3 is 0 Å². The van der Waals surface area contributed by atoms with Crippen LogP contribution in [0.4, 0.5) is 0 Å². The standard InChI is InChI=1S/C17H21N5O3S.H2/c1-11(23)26-7-6-19-9-15(22-18)17(2,3)21-16(24)12-4-5-14-13(8-12)20-10-25-14;/h4-5,8-10H,6-7,18H2,1-3H3,(H,21,24);1H/b19-9?,22-15+;. The number of carbonyl (C=O) groups excluding carboxylic acids is 2. The molecule has 3 N–H and O–H groups in total. The fourth-order valence-corrected chi connectivity index (χ4v) is 2.65. The summed E-state index contributed by atoms with van der Waals surface area (Å²) in [5.41, 5.74) is 1.25. The average molecular weight is 377 g/mol. The van der Waals surface area contributed by atoms with Crippen LogP contribution in [0.1, 0.15) is 32.6 Å². The van der Waals surface area contributed by atoms with Gasteiger partial charge in [-0.2, -0.15) is 5.10 Å². The largest absolute Gasteiger partial charge is 0.443 e. The van der Waals surface area contributed by atoms with Gasteiger partial charge in [0.05, 0.1) is 5.54 Å². The van der Waals surface area contributed by atoms with Crippen molar-refractivity contribution < 1.29 is 15.4 Å². The van der Waals surface area contributed by atoms with Crippen LogP contribution in [0.2, 0.25) is 0 Å². The van der Waals surface area contributed by atoms with E-state index in [1.165, 1.54) is 31.3 Å². The van der Waals surface area contributed by atoms with Crippen LogP contribution in [0.5, 0.6) is 0 Å². The van der Waals surface area contributed by atoms with Crippen molar-refractivity contribution in [3.8, 4) is 0 Å². The lowest BCUT2D eigenvalue weighted by atomic mass is 9.98. The quantitative estimate of drug-likeness (QED) is 0.330. The molecule has 0 radical (unpaired) electrons. The summed E-state index contributed by atoms with van der Waals surface area (Å²) >= 11 is 1.20. The van der Waals surface area contributed by atoms with E-state index in [1.54, 1.807) is 32.0 Å². The number of hydrazone groups is 1. The van der Waals surface area contributed by atoms with Crippen LogP contribution in [0, 0.1) is 0 Å². The Morgan fingerprint density at radius 2 is 2.23 bits per heavy atom. The molecule has 1 heterocycles. The predicted molar refractivity (Wildman–Crippen MR) is 106 cm³/mol. The van der Waals surface area contributed by atoms with Gasteiger partial charge in [0.1, 0.15) is 11.2 Å². The van der Waals surface area contributed by atoms with Crippen molar-refractivity contribution in [2.45, 2.75) is 26.3 Å². The van der Waals surface area contributed by atoms with Gasteiger partial charge in [0.2, 0.25) is 0 Å². The third kappa shape index (κ3) is 5.16. The Labute approximate surface area is 156 Å². The summed E-state index contributed by atoms with van der Waals surface area (Å²) in [5, 5.41) is 6.66. The Morgan fingerprint density at radius 3 is 2.92 bits per heavy atom. The Hall–Kier alpha value is -2.68. The molecular formula is C17H23N5O3S. The Morgan fingerprint density at radius 1 is 1.46 bits per heavy atom. The first-order chi connectivity index (χ1) is 12.3. The van der Waals surface area contributed by atoms with Gasteiger partial charge in [-0.05, 0) is 32.0 Å². The zero-order chi connectivity index (χ0) is 19.2. The lowest BCUT2D eigenvalue weighted by Gasteiger charge is -2.25. The number of aromatic nitrogens is 1. The molecule has 0 spiro atoms. The molecule has 1 amide bonds. The second-order valence-corrected chi connectivity index (χ2v) is 7.28. The van der Waals surface area contributed by atoms with E-state index in [2.05, 4.69) is 20.4 Å². The lowest BCUT2D eigenvalue weighted by molar-refractivity contribution is -0.109. The number of hydrogen-bond donors (Lipinski definition) is 2. The Bertz CT molecular complexity index is 863. The van der Waals surface area contributed by atoms with E-state index in [0.717, 1.165) is 0 Å². The summed E-state index contributed by atoms with van der Waals surface area (Å²) in [6.45, 7) is 5.52. The number of nitrogens with two attached hydrogens (primary N) is 1. The molecule has 0 saturated carbocycles. The molecule has 0 saturated heterocycles. The summed E-state index contributed by atoms with van der Waals surface area (Å²) in [5.74, 6) is 5.75. The third-order valence-electron chi connectivity index (χ3n) is 3.54. The zero-order valence-electron chi connectivity index (χ0n) is 14.9. The van der Waals surface area contributed by atoms with Gasteiger partial charge in [0, 0.05) is 32.4 Å². The summed E-state index contributed by atoms with van der Waals surface area (Å²) in [7, 11) is 0. The van der Waals surface area contributed by atoms with Crippen LogP contribution in [0.3, 0.4) is 0 Å². The minimum absolute atomic E-state index is 0. The van der Waals surface area contributed by atoms with Crippen molar-refractivity contribution in [2.24, 2.45) is 15.9 Å². The second kappa shape index (κ2) is 8.61. The van der Waals surface area contributed by atoms with Crippen molar-refractivity contribution >= 4 is 45.8 Å². The van der Waals surface area contributed by atoms with Gasteiger partial charge in [-0.15, -0.1) is 0 Å². The summed E-state index contributed by atoms with van der Waals surface area (Å²) in [4.78, 5) is 31.7. The second-order valence-electron chi connectivity index (χ2n) is 6.00. The number of carbonyl (C=O) groups is 2. The highest BCUT2D eigenvalue weighted by Crippen LogP contribution is 2.15. The number of aliphatic imine (C=N–C) groups is 1. The molecule has 0 atom stereocenters. The van der Waals surface area contributed by atoms with E-state index in [0.29, 0.717) is 34.7 Å². The maximum absolute atomic E-state index is 12.5. The van der Waals surface area contributed by atoms with E-state index in [4.69, 9.17) is 10.3 Å². The molecule has 1 aromatic heterocycles. The van der Waals surface area contributed by atoms with Crippen LogP contribution in [-0.2, 0) is 4.79 Å². The molecule has 0 aliphatic carbocycles. The molecule has 0 unspecified atom stereocenters. The van der Waals surface area contributed by atoms with Crippen molar-refractivity contribution in [3.05, 3.63) is 30.2 Å². The topological polar surface area (TPSA) is 123 Å². The van der Waals surface area contributed by atoms with E-state index >= 15 is 0 Å². The smallest absolute Gasteiger partial charge is 0.252 e. The van der Waals surface area contributed by atoms with E-state index in [9.17, 15) is 9.59 Å². The molecular weight excluding hydrogens is 354 g/mol. The van der Waals surface area contributed by atoms with Gasteiger partial charge in [0.15, 0.2) is 17.1 Å². The molecule has 9 heteroatoms. The number of amides is 1. The van der Waals surface area contributed by atoms with Crippen molar-refractivity contribution in [3.63, 3.8) is 0 Å². The minimum atomic E-state index is -0.832. The number of thioether (sulfide) groups is 1. The molecule has 2 rings (SSSR count). The molecule has 8 nitrogen and oxygen atoms in total. The first kappa shape index (κ1) is 19.6. The highest BCUT2D eigenvalue weighted by Gasteiger charge is 2.27. The van der Waals surface area contributed by atoms with Crippen LogP contribution >= 0.6 is 11.8 Å². The maximum atomic E-state index is 12.5. The predicted octanol–water partition coefficient (Wildman–Crippen LogP) is 2.25. The van der Waals surface area contributed by atoms with Gasteiger partial charge in [-0.1, -0.05) is 11.8 Å². The van der Waals surface area contributed by atoms with Crippen molar-refractivity contribution in [1.29, 1.82) is 0 Å². The van der Waals surface area contributed by atoms with E-state index < -0.39 is 5.54 Å². The highest BCUT2D eigenvalue weighted by atomic mass is 32.2. The first-order valence-corrected chi connectivity index (χ1v) is 8.89. The highest BCUT2D eigenvalue weighted by molar-refractivity contribution is 8.13. The van der Waals surface area contributed by atoms with Gasteiger partial charge < -0.3 is 15.6 Å². The normalized spacial score (nSPS) is 12.7. The van der Waals surface area contributed by atoms with Crippen LogP contribution in [0.15, 0.2) is 39.1 Å². The van der Waals surface area contributed by atoms with Crippen molar-refractivity contribution in [2.75, 3.05) is 12.3 Å².